The van der Waals surface area contributed by atoms with Gasteiger partial charge in [-0.15, -0.1) is 0 Å². The quantitative estimate of drug-likeness (QED) is 0.684. The predicted octanol–water partition coefficient (Wildman–Crippen LogP) is 4.61. The van der Waals surface area contributed by atoms with Crippen molar-refractivity contribution in [1.82, 2.24) is 4.57 Å². The molecule has 1 amide bonds. The highest BCUT2D eigenvalue weighted by atomic mass is 32.1. The second-order valence-corrected chi connectivity index (χ2v) is 6.87. The molecular weight excluding hydrogens is 323 g/mol. The first-order chi connectivity index (χ1) is 11.5. The van der Waals surface area contributed by atoms with E-state index in [2.05, 4.69) is 11.9 Å². The number of carbonyl (C=O) groups is 1. The summed E-state index contributed by atoms with van der Waals surface area (Å²) in [6, 6.07) is 10.3. The second-order valence-electron chi connectivity index (χ2n) is 5.86. The first-order valence-electron chi connectivity index (χ1n) is 7.95. The smallest absolute Gasteiger partial charge is 0.279 e. The van der Waals surface area contributed by atoms with Gasteiger partial charge >= 0.3 is 0 Å². The zero-order valence-electron chi connectivity index (χ0n) is 14.0. The number of carbonyl (C=O) groups excluding carboxylic acids is 1. The Morgan fingerprint density at radius 1 is 1.17 bits per heavy atom. The van der Waals surface area contributed by atoms with Gasteiger partial charge in [0, 0.05) is 12.1 Å². The molecule has 0 atom stereocenters. The van der Waals surface area contributed by atoms with Crippen LogP contribution in [0.3, 0.4) is 0 Å². The third kappa shape index (κ3) is 3.17. The molecule has 0 saturated carbocycles. The summed E-state index contributed by atoms with van der Waals surface area (Å²) in [6.07, 6.45) is 0.911. The molecular formula is C19H19FN2OS. The number of rotatable bonds is 3. The fourth-order valence-electron chi connectivity index (χ4n) is 2.60. The van der Waals surface area contributed by atoms with Crippen LogP contribution in [0.2, 0.25) is 0 Å². The van der Waals surface area contributed by atoms with Gasteiger partial charge in [-0.1, -0.05) is 24.3 Å². The van der Waals surface area contributed by atoms with E-state index in [-0.39, 0.29) is 11.7 Å². The Kier molecular flexibility index (Phi) is 4.62. The van der Waals surface area contributed by atoms with E-state index in [1.807, 2.05) is 30.5 Å². The molecule has 0 N–H and O–H groups in total. The molecule has 1 heterocycles. The van der Waals surface area contributed by atoms with E-state index in [0.717, 1.165) is 34.3 Å². The summed E-state index contributed by atoms with van der Waals surface area (Å²) in [5.41, 5.74) is 3.69. The number of aromatic nitrogens is 1. The van der Waals surface area contributed by atoms with E-state index in [0.29, 0.717) is 10.4 Å². The van der Waals surface area contributed by atoms with E-state index >= 15 is 0 Å². The predicted molar refractivity (Wildman–Crippen MR) is 95.9 cm³/mol. The minimum Gasteiger partial charge on any atom is -0.316 e. The molecule has 2 aromatic carbocycles. The third-order valence-corrected chi connectivity index (χ3v) is 5.08. The van der Waals surface area contributed by atoms with Crippen LogP contribution in [-0.4, -0.2) is 10.5 Å². The van der Waals surface area contributed by atoms with Crippen molar-refractivity contribution >= 4 is 27.5 Å². The number of amides is 1. The number of aryl methyl sites for hydroxylation is 3. The number of nitrogens with zero attached hydrogens (tertiary/aromatic N) is 2. The number of hydrogen-bond acceptors (Lipinski definition) is 2. The first kappa shape index (κ1) is 16.6. The highest BCUT2D eigenvalue weighted by Gasteiger charge is 2.10. The minimum atomic E-state index is -0.278. The van der Waals surface area contributed by atoms with Crippen molar-refractivity contribution < 1.29 is 9.18 Å². The summed E-state index contributed by atoms with van der Waals surface area (Å²) in [4.78, 5) is 17.4. The van der Waals surface area contributed by atoms with Crippen LogP contribution in [0.25, 0.3) is 10.2 Å². The zero-order chi connectivity index (χ0) is 17.3. The van der Waals surface area contributed by atoms with Gasteiger partial charge in [-0.3, -0.25) is 4.79 Å². The van der Waals surface area contributed by atoms with E-state index in [4.69, 9.17) is 0 Å². The number of benzene rings is 2. The Morgan fingerprint density at radius 3 is 2.67 bits per heavy atom. The van der Waals surface area contributed by atoms with E-state index in [9.17, 15) is 9.18 Å². The summed E-state index contributed by atoms with van der Waals surface area (Å²) in [5.74, 6) is -0.547. The van der Waals surface area contributed by atoms with Crippen LogP contribution in [-0.2, 0) is 6.54 Å². The topological polar surface area (TPSA) is 34.4 Å². The van der Waals surface area contributed by atoms with Crippen molar-refractivity contribution in [3.63, 3.8) is 0 Å². The van der Waals surface area contributed by atoms with Gasteiger partial charge in [0.25, 0.3) is 5.91 Å². The van der Waals surface area contributed by atoms with E-state index in [1.165, 1.54) is 23.5 Å². The standard InChI is InChI=1S/C19H19FN2OS/c1-4-9-22-16-8-7-15(20)11-17(16)24-19(22)21-18(23)14-6-5-12(2)13(3)10-14/h5-8,10-11H,4,9H2,1-3H3. The maximum Gasteiger partial charge on any atom is 0.279 e. The fourth-order valence-corrected chi connectivity index (χ4v) is 3.68. The average molecular weight is 342 g/mol. The Bertz CT molecular complexity index is 985. The van der Waals surface area contributed by atoms with Crippen LogP contribution in [0, 0.1) is 19.7 Å². The Labute approximate surface area is 144 Å². The van der Waals surface area contributed by atoms with Crippen molar-refractivity contribution in [2.75, 3.05) is 0 Å². The van der Waals surface area contributed by atoms with Gasteiger partial charge in [0.05, 0.1) is 10.2 Å². The molecule has 1 aromatic heterocycles. The molecule has 3 aromatic rings. The SMILES string of the molecule is CCCn1c(=NC(=O)c2ccc(C)c(C)c2)sc2cc(F)ccc21. The average Bonchev–Trinajstić information content (AvgIpc) is 2.87. The first-order valence-corrected chi connectivity index (χ1v) is 8.76. The van der Waals surface area contributed by atoms with Crippen LogP contribution in [0.15, 0.2) is 41.4 Å². The molecule has 124 valence electrons. The Hall–Kier alpha value is -2.27. The van der Waals surface area contributed by atoms with Crippen molar-refractivity contribution in [1.29, 1.82) is 0 Å². The summed E-state index contributed by atoms with van der Waals surface area (Å²) in [7, 11) is 0. The van der Waals surface area contributed by atoms with Crippen molar-refractivity contribution in [3.05, 3.63) is 63.7 Å². The van der Waals surface area contributed by atoms with E-state index < -0.39 is 0 Å². The number of thiazole rings is 1. The molecule has 0 fully saturated rings. The molecule has 0 aliphatic carbocycles. The highest BCUT2D eigenvalue weighted by Crippen LogP contribution is 2.19. The van der Waals surface area contributed by atoms with Gasteiger partial charge in [-0.05, 0) is 61.7 Å². The van der Waals surface area contributed by atoms with Crippen molar-refractivity contribution in [3.8, 4) is 0 Å². The molecule has 0 radical (unpaired) electrons. The Morgan fingerprint density at radius 2 is 1.96 bits per heavy atom. The Balaban J connectivity index is 2.12. The van der Waals surface area contributed by atoms with Crippen LogP contribution >= 0.6 is 11.3 Å². The molecule has 0 aliphatic rings. The molecule has 5 heteroatoms. The van der Waals surface area contributed by atoms with Crippen LogP contribution in [0.5, 0.6) is 0 Å². The van der Waals surface area contributed by atoms with Gasteiger partial charge in [0.1, 0.15) is 5.82 Å². The van der Waals surface area contributed by atoms with Crippen LogP contribution in [0.1, 0.15) is 34.8 Å². The summed E-state index contributed by atoms with van der Waals surface area (Å²) < 4.78 is 16.3. The van der Waals surface area contributed by atoms with Crippen molar-refractivity contribution in [2.45, 2.75) is 33.7 Å². The molecule has 0 aliphatic heterocycles. The van der Waals surface area contributed by atoms with Gasteiger partial charge in [-0.25, -0.2) is 4.39 Å². The van der Waals surface area contributed by atoms with Gasteiger partial charge < -0.3 is 4.57 Å². The molecule has 0 unspecified atom stereocenters. The van der Waals surface area contributed by atoms with E-state index in [1.54, 1.807) is 12.1 Å². The lowest BCUT2D eigenvalue weighted by molar-refractivity contribution is 0.0997. The molecule has 3 nitrogen and oxygen atoms in total. The summed E-state index contributed by atoms with van der Waals surface area (Å²) in [6.45, 7) is 6.79. The number of fused-ring (bicyclic) bond motifs is 1. The van der Waals surface area contributed by atoms with Gasteiger partial charge in [-0.2, -0.15) is 4.99 Å². The molecule has 0 spiro atoms. The van der Waals surface area contributed by atoms with Gasteiger partial charge in [0.2, 0.25) is 0 Å². The zero-order valence-corrected chi connectivity index (χ0v) is 14.8. The monoisotopic (exact) mass is 342 g/mol. The molecule has 24 heavy (non-hydrogen) atoms. The van der Waals surface area contributed by atoms with Crippen molar-refractivity contribution in [2.24, 2.45) is 4.99 Å². The second kappa shape index (κ2) is 6.69. The number of hydrogen-bond donors (Lipinski definition) is 0. The normalized spacial score (nSPS) is 12.1. The molecule has 0 bridgehead atoms. The highest BCUT2D eigenvalue weighted by molar-refractivity contribution is 7.16. The largest absolute Gasteiger partial charge is 0.316 e. The lowest BCUT2D eigenvalue weighted by atomic mass is 10.1. The van der Waals surface area contributed by atoms with Crippen LogP contribution < -0.4 is 4.80 Å². The van der Waals surface area contributed by atoms with Gasteiger partial charge in [0.15, 0.2) is 4.80 Å². The maximum atomic E-state index is 13.5. The lowest BCUT2D eigenvalue weighted by Gasteiger charge is -2.03. The minimum absolute atomic E-state index is 0.269. The lowest BCUT2D eigenvalue weighted by Crippen LogP contribution is -2.16. The maximum absolute atomic E-state index is 13.5. The summed E-state index contributed by atoms with van der Waals surface area (Å²) >= 11 is 1.34. The number of halogens is 1. The molecule has 0 saturated heterocycles. The molecule has 3 rings (SSSR count). The fraction of sp³-hybridized carbons (Fsp3) is 0.263. The van der Waals surface area contributed by atoms with Crippen LogP contribution in [0.4, 0.5) is 4.39 Å². The summed E-state index contributed by atoms with van der Waals surface area (Å²) in [5, 5.41) is 0. The third-order valence-electron chi connectivity index (χ3n) is 4.04.